The fourth-order valence-electron chi connectivity index (χ4n) is 2.96. The largest absolute Gasteiger partial charge is 0.493 e. The lowest BCUT2D eigenvalue weighted by atomic mass is 9.99. The number of halogens is 1. The van der Waals surface area contributed by atoms with Crippen molar-refractivity contribution in [2.24, 2.45) is 5.73 Å². The highest BCUT2D eigenvalue weighted by Crippen LogP contribution is 2.45. The topological polar surface area (TPSA) is 62.9 Å². The molecule has 0 saturated heterocycles. The van der Waals surface area contributed by atoms with Crippen LogP contribution >= 0.6 is 0 Å². The van der Waals surface area contributed by atoms with Crippen molar-refractivity contribution in [3.8, 4) is 34.1 Å². The standard InChI is InChI=1S/C18H20FNO4/c1-21-15-6-10(7-16(22-2)18(15)23-3)12-4-5-14(19)13-8-11(9-20)24-17(12)13/h4-7,11H,8-9,20H2,1-3H3/t11-/m0/s1. The number of hydrogen-bond acceptors (Lipinski definition) is 5. The Bertz CT molecular complexity index is 738. The number of hydrogen-bond donors (Lipinski definition) is 1. The van der Waals surface area contributed by atoms with Gasteiger partial charge in [0, 0.05) is 24.1 Å². The van der Waals surface area contributed by atoms with Crippen LogP contribution in [0.1, 0.15) is 5.56 Å². The minimum absolute atomic E-state index is 0.210. The van der Waals surface area contributed by atoms with Gasteiger partial charge in [-0.25, -0.2) is 4.39 Å². The molecule has 0 saturated carbocycles. The number of ether oxygens (including phenoxy) is 4. The van der Waals surface area contributed by atoms with Crippen molar-refractivity contribution in [1.29, 1.82) is 0 Å². The van der Waals surface area contributed by atoms with Crippen LogP contribution in [0.15, 0.2) is 24.3 Å². The predicted octanol–water partition coefficient (Wildman–Crippen LogP) is 2.78. The van der Waals surface area contributed by atoms with E-state index in [9.17, 15) is 4.39 Å². The molecule has 1 aliphatic heterocycles. The van der Waals surface area contributed by atoms with Crippen molar-refractivity contribution in [2.45, 2.75) is 12.5 Å². The number of rotatable bonds is 5. The van der Waals surface area contributed by atoms with Crippen LogP contribution in [-0.2, 0) is 6.42 Å². The molecule has 1 aliphatic rings. The van der Waals surface area contributed by atoms with Gasteiger partial charge in [-0.3, -0.25) is 0 Å². The first-order valence-corrected chi connectivity index (χ1v) is 7.61. The van der Waals surface area contributed by atoms with E-state index in [1.54, 1.807) is 27.4 Å². The number of methoxy groups -OCH3 is 3. The van der Waals surface area contributed by atoms with E-state index in [1.807, 2.05) is 12.1 Å². The van der Waals surface area contributed by atoms with Gasteiger partial charge in [-0.2, -0.15) is 0 Å². The second-order valence-electron chi connectivity index (χ2n) is 5.50. The van der Waals surface area contributed by atoms with Gasteiger partial charge < -0.3 is 24.7 Å². The summed E-state index contributed by atoms with van der Waals surface area (Å²) in [6.45, 7) is 0.336. The number of fused-ring (bicyclic) bond motifs is 1. The molecule has 1 atom stereocenters. The highest BCUT2D eigenvalue weighted by Gasteiger charge is 2.28. The van der Waals surface area contributed by atoms with Crippen LogP contribution in [0.4, 0.5) is 4.39 Å². The molecule has 0 amide bonds. The monoisotopic (exact) mass is 333 g/mol. The van der Waals surface area contributed by atoms with E-state index in [0.717, 1.165) is 11.1 Å². The Morgan fingerprint density at radius 2 is 1.79 bits per heavy atom. The molecule has 2 aromatic carbocycles. The van der Waals surface area contributed by atoms with Gasteiger partial charge in [0.05, 0.1) is 21.3 Å². The zero-order chi connectivity index (χ0) is 17.3. The van der Waals surface area contributed by atoms with E-state index < -0.39 is 0 Å². The van der Waals surface area contributed by atoms with Gasteiger partial charge >= 0.3 is 0 Å². The zero-order valence-electron chi connectivity index (χ0n) is 13.9. The molecule has 2 N–H and O–H groups in total. The maximum atomic E-state index is 14.1. The summed E-state index contributed by atoms with van der Waals surface area (Å²) in [6, 6.07) is 6.76. The predicted molar refractivity (Wildman–Crippen MR) is 88.7 cm³/mol. The summed E-state index contributed by atoms with van der Waals surface area (Å²) in [5, 5.41) is 0. The Labute approximate surface area is 140 Å². The normalized spacial score (nSPS) is 15.6. The molecule has 0 bridgehead atoms. The molecule has 0 fully saturated rings. The second-order valence-corrected chi connectivity index (χ2v) is 5.50. The highest BCUT2D eigenvalue weighted by molar-refractivity contribution is 5.77. The minimum Gasteiger partial charge on any atom is -0.493 e. The molecule has 6 heteroatoms. The van der Waals surface area contributed by atoms with E-state index in [1.165, 1.54) is 6.07 Å². The van der Waals surface area contributed by atoms with Crippen LogP contribution in [0.5, 0.6) is 23.0 Å². The summed E-state index contributed by atoms with van der Waals surface area (Å²) in [4.78, 5) is 0. The van der Waals surface area contributed by atoms with E-state index in [2.05, 4.69) is 0 Å². The molecular weight excluding hydrogens is 313 g/mol. The molecule has 2 aromatic rings. The molecule has 0 radical (unpaired) electrons. The molecule has 0 spiro atoms. The lowest BCUT2D eigenvalue weighted by molar-refractivity contribution is 0.242. The van der Waals surface area contributed by atoms with Crippen LogP contribution in [0, 0.1) is 5.82 Å². The van der Waals surface area contributed by atoms with Gasteiger partial charge in [-0.05, 0) is 29.8 Å². The van der Waals surface area contributed by atoms with Crippen LogP contribution in [0.3, 0.4) is 0 Å². The van der Waals surface area contributed by atoms with Crippen LogP contribution in [-0.4, -0.2) is 34.0 Å². The third kappa shape index (κ3) is 2.63. The zero-order valence-corrected chi connectivity index (χ0v) is 13.9. The molecule has 3 rings (SSSR count). The SMILES string of the molecule is COc1cc(-c2ccc(F)c3c2O[C@H](CN)C3)cc(OC)c1OC. The number of nitrogens with two attached hydrogens (primary N) is 1. The Morgan fingerprint density at radius 1 is 1.12 bits per heavy atom. The maximum absolute atomic E-state index is 14.1. The van der Waals surface area contributed by atoms with Crippen molar-refractivity contribution in [1.82, 2.24) is 0 Å². The van der Waals surface area contributed by atoms with Crippen molar-refractivity contribution >= 4 is 0 Å². The number of benzene rings is 2. The Morgan fingerprint density at radius 3 is 2.33 bits per heavy atom. The van der Waals surface area contributed by atoms with Crippen molar-refractivity contribution in [3.63, 3.8) is 0 Å². The Kier molecular flexibility index (Phi) is 4.49. The lowest BCUT2D eigenvalue weighted by Crippen LogP contribution is -2.24. The van der Waals surface area contributed by atoms with Crippen LogP contribution in [0.2, 0.25) is 0 Å². The van der Waals surface area contributed by atoms with Crippen LogP contribution < -0.4 is 24.7 Å². The van der Waals surface area contributed by atoms with Crippen LogP contribution in [0.25, 0.3) is 11.1 Å². The molecule has 1 heterocycles. The van der Waals surface area contributed by atoms with Gasteiger partial charge in [0.2, 0.25) is 5.75 Å². The van der Waals surface area contributed by atoms with E-state index in [0.29, 0.717) is 41.5 Å². The summed E-state index contributed by atoms with van der Waals surface area (Å²) in [5.74, 6) is 1.80. The van der Waals surface area contributed by atoms with Crippen molar-refractivity contribution in [2.75, 3.05) is 27.9 Å². The summed E-state index contributed by atoms with van der Waals surface area (Å²) >= 11 is 0. The lowest BCUT2D eigenvalue weighted by Gasteiger charge is -2.16. The average molecular weight is 333 g/mol. The van der Waals surface area contributed by atoms with Gasteiger partial charge in [0.15, 0.2) is 11.5 Å². The molecule has 0 aromatic heterocycles. The smallest absolute Gasteiger partial charge is 0.203 e. The third-order valence-corrected chi connectivity index (χ3v) is 4.16. The fourth-order valence-corrected chi connectivity index (χ4v) is 2.96. The molecular formula is C18H20FNO4. The molecule has 128 valence electrons. The highest BCUT2D eigenvalue weighted by atomic mass is 19.1. The van der Waals surface area contributed by atoms with Gasteiger partial charge in [-0.1, -0.05) is 0 Å². The first kappa shape index (κ1) is 16.4. The Balaban J connectivity index is 2.16. The summed E-state index contributed by atoms with van der Waals surface area (Å²) in [7, 11) is 4.65. The quantitative estimate of drug-likeness (QED) is 0.911. The van der Waals surface area contributed by atoms with E-state index >= 15 is 0 Å². The van der Waals surface area contributed by atoms with Crippen molar-refractivity contribution < 1.29 is 23.3 Å². The molecule has 0 unspecified atom stereocenters. The molecule has 24 heavy (non-hydrogen) atoms. The maximum Gasteiger partial charge on any atom is 0.203 e. The third-order valence-electron chi connectivity index (χ3n) is 4.16. The first-order chi connectivity index (χ1) is 11.6. The summed E-state index contributed by atoms with van der Waals surface area (Å²) in [6.07, 6.45) is 0.258. The van der Waals surface area contributed by atoms with Gasteiger partial charge in [-0.15, -0.1) is 0 Å². The average Bonchev–Trinajstić information content (AvgIpc) is 3.06. The van der Waals surface area contributed by atoms with Crippen molar-refractivity contribution in [3.05, 3.63) is 35.6 Å². The second kappa shape index (κ2) is 6.57. The Hall–Kier alpha value is -2.47. The fraction of sp³-hybridized carbons (Fsp3) is 0.333. The first-order valence-electron chi connectivity index (χ1n) is 7.61. The minimum atomic E-state index is -0.280. The van der Waals surface area contributed by atoms with E-state index in [-0.39, 0.29) is 11.9 Å². The summed E-state index contributed by atoms with van der Waals surface area (Å²) < 4.78 is 36.1. The summed E-state index contributed by atoms with van der Waals surface area (Å²) in [5.41, 5.74) is 7.79. The van der Waals surface area contributed by atoms with Gasteiger partial charge in [0.25, 0.3) is 0 Å². The van der Waals surface area contributed by atoms with Gasteiger partial charge in [0.1, 0.15) is 17.7 Å². The molecule has 5 nitrogen and oxygen atoms in total. The van der Waals surface area contributed by atoms with E-state index in [4.69, 9.17) is 24.7 Å². The molecule has 0 aliphatic carbocycles.